The van der Waals surface area contributed by atoms with Gasteiger partial charge in [-0.3, -0.25) is 0 Å². The van der Waals surface area contributed by atoms with E-state index < -0.39 is 0 Å². The van der Waals surface area contributed by atoms with Gasteiger partial charge in [0.05, 0.1) is 0 Å². The van der Waals surface area contributed by atoms with Gasteiger partial charge in [0, 0.05) is 30.8 Å². The average molecular weight is 272 g/mol. The molecule has 20 heavy (non-hydrogen) atoms. The smallest absolute Gasteiger partial charge is 0.222 e. The van der Waals surface area contributed by atoms with Crippen LogP contribution in [0.5, 0.6) is 0 Å². The van der Waals surface area contributed by atoms with E-state index in [1.165, 1.54) is 6.07 Å². The molecule has 0 aliphatic carbocycles. The van der Waals surface area contributed by atoms with Crippen LogP contribution in [0.4, 0.5) is 16.2 Å². The molecule has 104 valence electrons. The van der Waals surface area contributed by atoms with Gasteiger partial charge in [-0.1, -0.05) is 12.1 Å². The summed E-state index contributed by atoms with van der Waals surface area (Å²) in [6.07, 6.45) is 0.992. The first-order valence-corrected chi connectivity index (χ1v) is 6.73. The summed E-state index contributed by atoms with van der Waals surface area (Å²) in [5, 5.41) is 0. The SMILES string of the molecule is Cc1cc(N2CCC(c3cccc(F)c3)C2)nc(N)n1. The second-order valence-electron chi connectivity index (χ2n) is 5.21. The number of hydrogen-bond acceptors (Lipinski definition) is 4. The number of nitrogen functional groups attached to an aromatic ring is 1. The van der Waals surface area contributed by atoms with Crippen molar-refractivity contribution in [1.29, 1.82) is 0 Å². The molecule has 1 aliphatic heterocycles. The summed E-state index contributed by atoms with van der Waals surface area (Å²) in [5.74, 6) is 1.31. The lowest BCUT2D eigenvalue weighted by atomic mass is 9.98. The van der Waals surface area contributed by atoms with Crippen molar-refractivity contribution in [1.82, 2.24) is 9.97 Å². The van der Waals surface area contributed by atoms with Crippen LogP contribution in [0.3, 0.4) is 0 Å². The third-order valence-corrected chi connectivity index (χ3v) is 3.69. The first-order chi connectivity index (χ1) is 9.61. The molecular weight excluding hydrogens is 255 g/mol. The molecule has 0 radical (unpaired) electrons. The van der Waals surface area contributed by atoms with Crippen molar-refractivity contribution < 1.29 is 4.39 Å². The quantitative estimate of drug-likeness (QED) is 0.912. The zero-order valence-corrected chi connectivity index (χ0v) is 11.4. The number of aromatic nitrogens is 2. The van der Waals surface area contributed by atoms with Crippen molar-refractivity contribution in [3.8, 4) is 0 Å². The monoisotopic (exact) mass is 272 g/mol. The summed E-state index contributed by atoms with van der Waals surface area (Å²) in [4.78, 5) is 10.5. The van der Waals surface area contributed by atoms with Gasteiger partial charge in [0.15, 0.2) is 0 Å². The fourth-order valence-corrected chi connectivity index (χ4v) is 2.74. The van der Waals surface area contributed by atoms with Crippen LogP contribution >= 0.6 is 0 Å². The van der Waals surface area contributed by atoms with E-state index in [9.17, 15) is 4.39 Å². The number of hydrogen-bond donors (Lipinski definition) is 1. The number of aryl methyl sites for hydroxylation is 1. The second-order valence-corrected chi connectivity index (χ2v) is 5.21. The molecule has 1 aromatic heterocycles. The van der Waals surface area contributed by atoms with Crippen LogP contribution in [0.15, 0.2) is 30.3 Å². The van der Waals surface area contributed by atoms with Crippen LogP contribution in [-0.2, 0) is 0 Å². The maximum atomic E-state index is 13.3. The molecule has 3 rings (SSSR count). The van der Waals surface area contributed by atoms with E-state index in [0.29, 0.717) is 11.9 Å². The van der Waals surface area contributed by atoms with Crippen molar-refractivity contribution in [3.05, 3.63) is 47.4 Å². The van der Waals surface area contributed by atoms with Crippen molar-refractivity contribution >= 4 is 11.8 Å². The molecule has 1 aliphatic rings. The molecule has 2 heterocycles. The first kappa shape index (κ1) is 12.8. The molecule has 4 nitrogen and oxygen atoms in total. The van der Waals surface area contributed by atoms with E-state index in [-0.39, 0.29) is 5.82 Å². The summed E-state index contributed by atoms with van der Waals surface area (Å²) in [6, 6.07) is 8.78. The summed E-state index contributed by atoms with van der Waals surface area (Å²) in [5.41, 5.74) is 7.60. The molecule has 1 aromatic carbocycles. The van der Waals surface area contributed by atoms with Gasteiger partial charge in [0.1, 0.15) is 11.6 Å². The van der Waals surface area contributed by atoms with Crippen molar-refractivity contribution in [2.24, 2.45) is 0 Å². The third-order valence-electron chi connectivity index (χ3n) is 3.69. The molecule has 0 spiro atoms. The van der Waals surface area contributed by atoms with Crippen LogP contribution in [0.2, 0.25) is 0 Å². The number of halogens is 1. The molecule has 5 heteroatoms. The van der Waals surface area contributed by atoms with Crippen LogP contribution in [-0.4, -0.2) is 23.1 Å². The molecule has 2 N–H and O–H groups in total. The Hall–Kier alpha value is -2.17. The molecule has 1 unspecified atom stereocenters. The van der Waals surface area contributed by atoms with E-state index in [1.54, 1.807) is 12.1 Å². The van der Waals surface area contributed by atoms with Crippen LogP contribution < -0.4 is 10.6 Å². The predicted molar refractivity (Wildman–Crippen MR) is 77.2 cm³/mol. The lowest BCUT2D eigenvalue weighted by molar-refractivity contribution is 0.621. The third kappa shape index (κ3) is 2.57. The lowest BCUT2D eigenvalue weighted by Gasteiger charge is -2.18. The first-order valence-electron chi connectivity index (χ1n) is 6.73. The molecule has 0 bridgehead atoms. The fourth-order valence-electron chi connectivity index (χ4n) is 2.74. The fraction of sp³-hybridized carbons (Fsp3) is 0.333. The lowest BCUT2D eigenvalue weighted by Crippen LogP contribution is -2.21. The minimum Gasteiger partial charge on any atom is -0.368 e. The van der Waals surface area contributed by atoms with E-state index in [4.69, 9.17) is 5.73 Å². The Kier molecular flexibility index (Phi) is 3.26. The Bertz CT molecular complexity index is 609. The summed E-state index contributed by atoms with van der Waals surface area (Å²) in [6.45, 7) is 3.64. The Balaban J connectivity index is 1.79. The zero-order valence-electron chi connectivity index (χ0n) is 11.4. The topological polar surface area (TPSA) is 55.0 Å². The van der Waals surface area contributed by atoms with E-state index in [2.05, 4.69) is 14.9 Å². The predicted octanol–water partition coefficient (Wildman–Crippen LogP) is 2.50. The van der Waals surface area contributed by atoms with Crippen molar-refractivity contribution in [2.75, 3.05) is 23.7 Å². The van der Waals surface area contributed by atoms with E-state index >= 15 is 0 Å². The van der Waals surface area contributed by atoms with Gasteiger partial charge in [-0.25, -0.2) is 9.37 Å². The van der Waals surface area contributed by atoms with Crippen molar-refractivity contribution in [2.45, 2.75) is 19.3 Å². The van der Waals surface area contributed by atoms with Gasteiger partial charge in [-0.2, -0.15) is 4.98 Å². The minimum atomic E-state index is -0.178. The zero-order chi connectivity index (χ0) is 14.1. The van der Waals surface area contributed by atoms with Crippen molar-refractivity contribution in [3.63, 3.8) is 0 Å². The van der Waals surface area contributed by atoms with Gasteiger partial charge in [0.25, 0.3) is 0 Å². The van der Waals surface area contributed by atoms with Gasteiger partial charge in [0.2, 0.25) is 5.95 Å². The highest BCUT2D eigenvalue weighted by atomic mass is 19.1. The highest BCUT2D eigenvalue weighted by molar-refractivity contribution is 5.45. The average Bonchev–Trinajstić information content (AvgIpc) is 2.87. The Morgan fingerprint density at radius 1 is 1.30 bits per heavy atom. The Morgan fingerprint density at radius 2 is 2.15 bits per heavy atom. The Labute approximate surface area is 117 Å². The largest absolute Gasteiger partial charge is 0.368 e. The molecule has 1 atom stereocenters. The van der Waals surface area contributed by atoms with Gasteiger partial charge >= 0.3 is 0 Å². The van der Waals surface area contributed by atoms with E-state index in [0.717, 1.165) is 36.6 Å². The summed E-state index contributed by atoms with van der Waals surface area (Å²) in [7, 11) is 0. The molecular formula is C15H17FN4. The minimum absolute atomic E-state index is 0.178. The molecule has 1 saturated heterocycles. The van der Waals surface area contributed by atoms with Gasteiger partial charge in [-0.15, -0.1) is 0 Å². The molecule has 0 amide bonds. The standard InChI is InChI=1S/C15H17FN4/c1-10-7-14(19-15(17)18-10)20-6-5-12(9-20)11-3-2-4-13(16)8-11/h2-4,7-8,12H,5-6,9H2,1H3,(H2,17,18,19). The highest BCUT2D eigenvalue weighted by Crippen LogP contribution is 2.30. The van der Waals surface area contributed by atoms with Gasteiger partial charge < -0.3 is 10.6 Å². The van der Waals surface area contributed by atoms with Crippen LogP contribution in [0.1, 0.15) is 23.6 Å². The highest BCUT2D eigenvalue weighted by Gasteiger charge is 2.25. The number of rotatable bonds is 2. The number of nitrogens with two attached hydrogens (primary N) is 1. The maximum Gasteiger partial charge on any atom is 0.222 e. The van der Waals surface area contributed by atoms with Crippen LogP contribution in [0.25, 0.3) is 0 Å². The van der Waals surface area contributed by atoms with E-state index in [1.807, 2.05) is 19.1 Å². The molecule has 1 fully saturated rings. The summed E-state index contributed by atoms with van der Waals surface area (Å²) < 4.78 is 13.3. The number of nitrogens with zero attached hydrogens (tertiary/aromatic N) is 3. The maximum absolute atomic E-state index is 13.3. The second kappa shape index (κ2) is 5.07. The number of anilines is 2. The molecule has 2 aromatic rings. The Morgan fingerprint density at radius 3 is 2.90 bits per heavy atom. The molecule has 0 saturated carbocycles. The summed E-state index contributed by atoms with van der Waals surface area (Å²) >= 11 is 0. The number of benzene rings is 1. The normalized spacial score (nSPS) is 18.5. The van der Waals surface area contributed by atoms with Crippen LogP contribution in [0, 0.1) is 12.7 Å². The van der Waals surface area contributed by atoms with Gasteiger partial charge in [-0.05, 0) is 31.0 Å².